The third-order valence-corrected chi connectivity index (χ3v) is 4.16. The van der Waals surface area contributed by atoms with Crippen molar-refractivity contribution in [1.82, 2.24) is 20.1 Å². The lowest BCUT2D eigenvalue weighted by atomic mass is 9.92. The molecule has 0 aliphatic carbocycles. The van der Waals surface area contributed by atoms with Crippen molar-refractivity contribution in [3.05, 3.63) is 36.2 Å². The second kappa shape index (κ2) is 6.18. The van der Waals surface area contributed by atoms with Gasteiger partial charge in [-0.2, -0.15) is 5.10 Å². The number of rotatable bonds is 4. The molecule has 20 heavy (non-hydrogen) atoms. The van der Waals surface area contributed by atoms with Crippen LogP contribution in [-0.2, 0) is 13.5 Å². The number of aromatic nitrogens is 3. The van der Waals surface area contributed by atoms with E-state index in [-0.39, 0.29) is 0 Å². The Balaban J connectivity index is 1.67. The standard InChI is InChI=1S/C16H22N4/c1-20-16(9-12-18-20)15-4-2-3-14(19-15)6-5-13-7-10-17-11-8-13/h2-4,9,12-13,17H,5-8,10-11H2,1H3. The predicted molar refractivity (Wildman–Crippen MR) is 80.4 cm³/mol. The lowest BCUT2D eigenvalue weighted by molar-refractivity contribution is 0.353. The minimum absolute atomic E-state index is 0.860. The highest BCUT2D eigenvalue weighted by Crippen LogP contribution is 2.20. The smallest absolute Gasteiger partial charge is 0.0886 e. The molecule has 4 heteroatoms. The fourth-order valence-electron chi connectivity index (χ4n) is 2.91. The minimum Gasteiger partial charge on any atom is -0.317 e. The Morgan fingerprint density at radius 3 is 2.85 bits per heavy atom. The van der Waals surface area contributed by atoms with Crippen molar-refractivity contribution in [3.8, 4) is 11.4 Å². The quantitative estimate of drug-likeness (QED) is 0.927. The Morgan fingerprint density at radius 2 is 2.10 bits per heavy atom. The van der Waals surface area contributed by atoms with Crippen molar-refractivity contribution in [2.75, 3.05) is 13.1 Å². The third kappa shape index (κ3) is 3.07. The Morgan fingerprint density at radius 1 is 1.25 bits per heavy atom. The van der Waals surface area contributed by atoms with Gasteiger partial charge in [0.1, 0.15) is 0 Å². The van der Waals surface area contributed by atoms with Gasteiger partial charge in [0, 0.05) is 18.9 Å². The van der Waals surface area contributed by atoms with Crippen LogP contribution in [0.3, 0.4) is 0 Å². The van der Waals surface area contributed by atoms with Gasteiger partial charge in [-0.05, 0) is 62.9 Å². The summed E-state index contributed by atoms with van der Waals surface area (Å²) in [5.74, 6) is 0.860. The van der Waals surface area contributed by atoms with E-state index in [1.165, 1.54) is 38.0 Å². The van der Waals surface area contributed by atoms with Crippen molar-refractivity contribution in [2.24, 2.45) is 13.0 Å². The van der Waals surface area contributed by atoms with Crippen LogP contribution in [0.25, 0.3) is 11.4 Å². The predicted octanol–water partition coefficient (Wildman–Crippen LogP) is 2.41. The first kappa shape index (κ1) is 13.3. The molecule has 3 rings (SSSR count). The number of hydrogen-bond donors (Lipinski definition) is 1. The van der Waals surface area contributed by atoms with Crippen molar-refractivity contribution in [1.29, 1.82) is 0 Å². The molecular formula is C16H22N4. The van der Waals surface area contributed by atoms with Crippen molar-refractivity contribution in [3.63, 3.8) is 0 Å². The summed E-state index contributed by atoms with van der Waals surface area (Å²) < 4.78 is 1.87. The van der Waals surface area contributed by atoms with Gasteiger partial charge in [-0.25, -0.2) is 0 Å². The molecule has 1 fully saturated rings. The molecule has 1 N–H and O–H groups in total. The normalized spacial score (nSPS) is 16.4. The number of piperidine rings is 1. The fourth-order valence-corrected chi connectivity index (χ4v) is 2.91. The monoisotopic (exact) mass is 270 g/mol. The zero-order valence-corrected chi connectivity index (χ0v) is 12.0. The maximum atomic E-state index is 4.78. The van der Waals surface area contributed by atoms with Gasteiger partial charge in [0.2, 0.25) is 0 Å². The summed E-state index contributed by atoms with van der Waals surface area (Å²) in [6.45, 7) is 2.35. The molecule has 0 bridgehead atoms. The third-order valence-electron chi connectivity index (χ3n) is 4.16. The van der Waals surface area contributed by atoms with Gasteiger partial charge in [-0.1, -0.05) is 6.07 Å². The molecule has 2 aromatic heterocycles. The van der Waals surface area contributed by atoms with E-state index in [1.807, 2.05) is 24.0 Å². The van der Waals surface area contributed by atoms with Crippen LogP contribution in [0.2, 0.25) is 0 Å². The van der Waals surface area contributed by atoms with Crippen LogP contribution in [0.5, 0.6) is 0 Å². The molecule has 1 aliphatic rings. The van der Waals surface area contributed by atoms with E-state index < -0.39 is 0 Å². The number of nitrogens with zero attached hydrogens (tertiary/aromatic N) is 3. The molecule has 0 spiro atoms. The first-order valence-electron chi connectivity index (χ1n) is 7.48. The van der Waals surface area contributed by atoms with Crippen LogP contribution in [-0.4, -0.2) is 27.9 Å². The zero-order valence-electron chi connectivity index (χ0n) is 12.0. The molecule has 0 atom stereocenters. The number of nitrogens with one attached hydrogen (secondary N) is 1. The summed E-state index contributed by atoms with van der Waals surface area (Å²) in [6.07, 6.45) is 6.77. The summed E-state index contributed by atoms with van der Waals surface area (Å²) >= 11 is 0. The number of hydrogen-bond acceptors (Lipinski definition) is 3. The molecule has 3 heterocycles. The summed E-state index contributed by atoms with van der Waals surface area (Å²) in [4.78, 5) is 4.78. The first-order chi connectivity index (χ1) is 9.83. The number of aryl methyl sites for hydroxylation is 2. The molecule has 0 saturated carbocycles. The molecule has 0 amide bonds. The summed E-state index contributed by atoms with van der Waals surface area (Å²) in [7, 11) is 1.96. The van der Waals surface area contributed by atoms with Crippen LogP contribution >= 0.6 is 0 Å². The second-order valence-electron chi connectivity index (χ2n) is 5.59. The van der Waals surface area contributed by atoms with Gasteiger partial charge in [0.25, 0.3) is 0 Å². The van der Waals surface area contributed by atoms with Crippen LogP contribution in [0.15, 0.2) is 30.5 Å². The fraction of sp³-hybridized carbons (Fsp3) is 0.500. The molecule has 4 nitrogen and oxygen atoms in total. The molecule has 106 valence electrons. The highest BCUT2D eigenvalue weighted by molar-refractivity contribution is 5.53. The van der Waals surface area contributed by atoms with E-state index in [4.69, 9.17) is 4.98 Å². The van der Waals surface area contributed by atoms with Gasteiger partial charge in [0.05, 0.1) is 11.4 Å². The average Bonchev–Trinajstić information content (AvgIpc) is 2.93. The summed E-state index contributed by atoms with van der Waals surface area (Å²) in [5.41, 5.74) is 3.30. The SMILES string of the molecule is Cn1nccc1-c1cccc(CCC2CCNCC2)n1. The van der Waals surface area contributed by atoms with E-state index in [2.05, 4.69) is 28.6 Å². The van der Waals surface area contributed by atoms with Gasteiger partial charge in [-0.15, -0.1) is 0 Å². The van der Waals surface area contributed by atoms with Crippen LogP contribution in [0.4, 0.5) is 0 Å². The minimum atomic E-state index is 0.860. The summed E-state index contributed by atoms with van der Waals surface area (Å²) in [6, 6.07) is 8.32. The lowest BCUT2D eigenvalue weighted by Gasteiger charge is -2.22. The molecule has 2 aromatic rings. The molecule has 1 aliphatic heterocycles. The number of pyridine rings is 1. The van der Waals surface area contributed by atoms with Crippen LogP contribution in [0.1, 0.15) is 25.0 Å². The molecule has 1 saturated heterocycles. The molecule has 0 aromatic carbocycles. The van der Waals surface area contributed by atoms with Gasteiger partial charge < -0.3 is 5.32 Å². The Kier molecular flexibility index (Phi) is 4.11. The lowest BCUT2D eigenvalue weighted by Crippen LogP contribution is -2.27. The van der Waals surface area contributed by atoms with Crippen molar-refractivity contribution >= 4 is 0 Å². The van der Waals surface area contributed by atoms with E-state index in [9.17, 15) is 0 Å². The maximum absolute atomic E-state index is 4.78. The highest BCUT2D eigenvalue weighted by atomic mass is 15.3. The Bertz CT molecular complexity index is 555. The Hall–Kier alpha value is -1.68. The highest BCUT2D eigenvalue weighted by Gasteiger charge is 2.13. The van der Waals surface area contributed by atoms with Crippen LogP contribution in [0, 0.1) is 5.92 Å². The molecular weight excluding hydrogens is 248 g/mol. The van der Waals surface area contributed by atoms with Crippen molar-refractivity contribution in [2.45, 2.75) is 25.7 Å². The van der Waals surface area contributed by atoms with Gasteiger partial charge >= 0.3 is 0 Å². The van der Waals surface area contributed by atoms with E-state index in [1.54, 1.807) is 0 Å². The van der Waals surface area contributed by atoms with E-state index >= 15 is 0 Å². The van der Waals surface area contributed by atoms with E-state index in [0.29, 0.717) is 0 Å². The van der Waals surface area contributed by atoms with Gasteiger partial charge in [0.15, 0.2) is 0 Å². The topological polar surface area (TPSA) is 42.7 Å². The average molecular weight is 270 g/mol. The van der Waals surface area contributed by atoms with Crippen molar-refractivity contribution < 1.29 is 0 Å². The largest absolute Gasteiger partial charge is 0.317 e. The second-order valence-corrected chi connectivity index (χ2v) is 5.59. The van der Waals surface area contributed by atoms with Crippen LogP contribution < -0.4 is 5.32 Å². The maximum Gasteiger partial charge on any atom is 0.0886 e. The van der Waals surface area contributed by atoms with Gasteiger partial charge in [-0.3, -0.25) is 9.67 Å². The molecule has 0 unspecified atom stereocenters. The zero-order chi connectivity index (χ0) is 13.8. The Labute approximate surface area is 120 Å². The summed E-state index contributed by atoms with van der Waals surface area (Å²) in [5, 5.41) is 7.63. The first-order valence-corrected chi connectivity index (χ1v) is 7.48. The van der Waals surface area contributed by atoms with E-state index in [0.717, 1.165) is 23.7 Å². The molecule has 0 radical (unpaired) electrons.